The standard InChI is InChI=1S/C15H19N3O4/c1-11-14(20)17(10-13(19)16-8-9-22-2)15(21)18(11)12-6-4-3-5-7-12/h3-7,11H,8-10H2,1-2H3,(H,16,19)/t11-/m1/s1. The van der Waals surface area contributed by atoms with Crippen LogP contribution in [0.1, 0.15) is 6.92 Å². The second-order valence-electron chi connectivity index (χ2n) is 4.93. The number of para-hydroxylation sites is 1. The highest BCUT2D eigenvalue weighted by atomic mass is 16.5. The van der Waals surface area contributed by atoms with Crippen molar-refractivity contribution in [2.45, 2.75) is 13.0 Å². The molecule has 7 nitrogen and oxygen atoms in total. The maximum absolute atomic E-state index is 12.4. The zero-order valence-electron chi connectivity index (χ0n) is 12.6. The van der Waals surface area contributed by atoms with Crippen LogP contribution in [0.2, 0.25) is 0 Å². The Balaban J connectivity index is 2.06. The quantitative estimate of drug-likeness (QED) is 0.617. The molecule has 1 heterocycles. The van der Waals surface area contributed by atoms with E-state index in [1.165, 1.54) is 12.0 Å². The molecule has 0 radical (unpaired) electrons. The third-order valence-corrected chi connectivity index (χ3v) is 3.41. The lowest BCUT2D eigenvalue weighted by Crippen LogP contribution is -2.42. The normalized spacial score (nSPS) is 18.0. The molecule has 0 bridgehead atoms. The van der Waals surface area contributed by atoms with E-state index >= 15 is 0 Å². The number of imide groups is 1. The van der Waals surface area contributed by atoms with E-state index in [1.807, 2.05) is 6.07 Å². The number of ether oxygens (including phenoxy) is 1. The Morgan fingerprint density at radius 2 is 1.95 bits per heavy atom. The number of methoxy groups -OCH3 is 1. The van der Waals surface area contributed by atoms with Crippen molar-refractivity contribution < 1.29 is 19.1 Å². The SMILES string of the molecule is COCCNC(=O)CN1C(=O)[C@@H](C)N(c2ccccc2)C1=O. The van der Waals surface area contributed by atoms with Crippen molar-refractivity contribution in [3.05, 3.63) is 30.3 Å². The van der Waals surface area contributed by atoms with Crippen LogP contribution in [0.4, 0.5) is 10.5 Å². The van der Waals surface area contributed by atoms with Crippen LogP contribution in [-0.4, -0.2) is 55.6 Å². The first-order chi connectivity index (χ1) is 10.6. The molecular formula is C15H19N3O4. The molecule has 0 aromatic heterocycles. The van der Waals surface area contributed by atoms with Crippen molar-refractivity contribution in [1.82, 2.24) is 10.2 Å². The molecule has 1 aromatic carbocycles. The van der Waals surface area contributed by atoms with Gasteiger partial charge in [0.25, 0.3) is 5.91 Å². The molecule has 0 unspecified atom stereocenters. The van der Waals surface area contributed by atoms with E-state index in [0.29, 0.717) is 18.8 Å². The van der Waals surface area contributed by atoms with Gasteiger partial charge < -0.3 is 10.1 Å². The van der Waals surface area contributed by atoms with E-state index in [4.69, 9.17) is 4.74 Å². The van der Waals surface area contributed by atoms with Crippen LogP contribution in [0.15, 0.2) is 30.3 Å². The molecule has 1 aliphatic heterocycles. The summed E-state index contributed by atoms with van der Waals surface area (Å²) >= 11 is 0. The van der Waals surface area contributed by atoms with Crippen LogP contribution in [0.5, 0.6) is 0 Å². The second kappa shape index (κ2) is 7.04. The second-order valence-corrected chi connectivity index (χ2v) is 4.93. The van der Waals surface area contributed by atoms with E-state index in [2.05, 4.69) is 5.32 Å². The summed E-state index contributed by atoms with van der Waals surface area (Å²) < 4.78 is 4.83. The zero-order chi connectivity index (χ0) is 16.1. The van der Waals surface area contributed by atoms with Crippen LogP contribution in [-0.2, 0) is 14.3 Å². The molecule has 0 saturated carbocycles. The molecule has 22 heavy (non-hydrogen) atoms. The van der Waals surface area contributed by atoms with Crippen molar-refractivity contribution in [3.8, 4) is 0 Å². The van der Waals surface area contributed by atoms with Gasteiger partial charge in [0.05, 0.1) is 6.61 Å². The van der Waals surface area contributed by atoms with Crippen LogP contribution in [0.25, 0.3) is 0 Å². The average Bonchev–Trinajstić information content (AvgIpc) is 2.72. The van der Waals surface area contributed by atoms with Gasteiger partial charge in [-0.05, 0) is 19.1 Å². The third kappa shape index (κ3) is 3.25. The summed E-state index contributed by atoms with van der Waals surface area (Å²) in [6.45, 7) is 2.08. The van der Waals surface area contributed by atoms with Gasteiger partial charge in [0.15, 0.2) is 0 Å². The van der Waals surface area contributed by atoms with Crippen molar-refractivity contribution in [3.63, 3.8) is 0 Å². The molecule has 1 N–H and O–H groups in total. The predicted octanol–water partition coefficient (Wildman–Crippen LogP) is 0.606. The van der Waals surface area contributed by atoms with Gasteiger partial charge in [-0.2, -0.15) is 0 Å². The monoisotopic (exact) mass is 305 g/mol. The van der Waals surface area contributed by atoms with Gasteiger partial charge >= 0.3 is 6.03 Å². The van der Waals surface area contributed by atoms with Crippen LogP contribution < -0.4 is 10.2 Å². The minimum Gasteiger partial charge on any atom is -0.383 e. The van der Waals surface area contributed by atoms with E-state index in [1.54, 1.807) is 31.2 Å². The van der Waals surface area contributed by atoms with Crippen LogP contribution >= 0.6 is 0 Å². The van der Waals surface area contributed by atoms with Crippen molar-refractivity contribution in [2.75, 3.05) is 31.7 Å². The van der Waals surface area contributed by atoms with E-state index < -0.39 is 12.1 Å². The highest BCUT2D eigenvalue weighted by Gasteiger charge is 2.43. The van der Waals surface area contributed by atoms with Gasteiger partial charge in [0.1, 0.15) is 12.6 Å². The number of amides is 4. The molecule has 1 aromatic rings. The van der Waals surface area contributed by atoms with E-state index in [-0.39, 0.29) is 18.4 Å². The van der Waals surface area contributed by atoms with Gasteiger partial charge in [0, 0.05) is 19.3 Å². The van der Waals surface area contributed by atoms with E-state index in [0.717, 1.165) is 4.90 Å². The zero-order valence-corrected chi connectivity index (χ0v) is 12.6. The summed E-state index contributed by atoms with van der Waals surface area (Å²) in [5, 5.41) is 2.59. The molecule has 0 spiro atoms. The molecule has 2 rings (SSSR count). The number of nitrogens with zero attached hydrogens (tertiary/aromatic N) is 2. The lowest BCUT2D eigenvalue weighted by atomic mass is 10.2. The number of carbonyl (C=O) groups is 3. The number of urea groups is 1. The Kier molecular flexibility index (Phi) is 5.11. The molecule has 1 atom stereocenters. The summed E-state index contributed by atoms with van der Waals surface area (Å²) in [7, 11) is 1.53. The fourth-order valence-electron chi connectivity index (χ4n) is 2.29. The third-order valence-electron chi connectivity index (χ3n) is 3.41. The van der Waals surface area contributed by atoms with Gasteiger partial charge in [-0.25, -0.2) is 4.79 Å². The Labute approximate surface area is 128 Å². The lowest BCUT2D eigenvalue weighted by Gasteiger charge is -2.19. The summed E-state index contributed by atoms with van der Waals surface area (Å²) in [4.78, 5) is 38.8. The number of carbonyl (C=O) groups excluding carboxylic acids is 3. The summed E-state index contributed by atoms with van der Waals surface area (Å²) in [6, 6.07) is 7.82. The Morgan fingerprint density at radius 1 is 1.27 bits per heavy atom. The van der Waals surface area contributed by atoms with Gasteiger partial charge in [0.2, 0.25) is 5.91 Å². The van der Waals surface area contributed by atoms with Gasteiger partial charge in [-0.15, -0.1) is 0 Å². The predicted molar refractivity (Wildman–Crippen MR) is 80.4 cm³/mol. The molecule has 1 saturated heterocycles. The fourth-order valence-corrected chi connectivity index (χ4v) is 2.29. The molecule has 1 fully saturated rings. The number of hydrogen-bond donors (Lipinski definition) is 1. The van der Waals surface area contributed by atoms with Crippen molar-refractivity contribution in [1.29, 1.82) is 0 Å². The van der Waals surface area contributed by atoms with Crippen molar-refractivity contribution in [2.24, 2.45) is 0 Å². The summed E-state index contributed by atoms with van der Waals surface area (Å²) in [5.41, 5.74) is 0.635. The number of anilines is 1. The maximum Gasteiger partial charge on any atom is 0.332 e. The molecule has 118 valence electrons. The minimum absolute atomic E-state index is 0.283. The largest absolute Gasteiger partial charge is 0.383 e. The number of benzene rings is 1. The molecule has 0 aliphatic carbocycles. The number of rotatable bonds is 6. The highest BCUT2D eigenvalue weighted by Crippen LogP contribution is 2.25. The topological polar surface area (TPSA) is 79.0 Å². The Bertz CT molecular complexity index is 561. The summed E-state index contributed by atoms with van der Waals surface area (Å²) in [5.74, 6) is -0.767. The number of nitrogens with one attached hydrogen (secondary N) is 1. The smallest absolute Gasteiger partial charge is 0.332 e. The Morgan fingerprint density at radius 3 is 2.59 bits per heavy atom. The molecule has 1 aliphatic rings. The summed E-state index contributed by atoms with van der Waals surface area (Å²) in [6.07, 6.45) is 0. The lowest BCUT2D eigenvalue weighted by molar-refractivity contribution is -0.131. The van der Waals surface area contributed by atoms with Crippen LogP contribution in [0, 0.1) is 0 Å². The average molecular weight is 305 g/mol. The maximum atomic E-state index is 12.4. The van der Waals surface area contributed by atoms with Gasteiger partial charge in [-0.3, -0.25) is 19.4 Å². The minimum atomic E-state index is -0.623. The molecular weight excluding hydrogens is 286 g/mol. The number of hydrogen-bond acceptors (Lipinski definition) is 4. The first-order valence-corrected chi connectivity index (χ1v) is 7.01. The Hall–Kier alpha value is -2.41. The van der Waals surface area contributed by atoms with Crippen LogP contribution in [0.3, 0.4) is 0 Å². The van der Waals surface area contributed by atoms with Gasteiger partial charge in [-0.1, -0.05) is 18.2 Å². The first-order valence-electron chi connectivity index (χ1n) is 7.01. The van der Waals surface area contributed by atoms with Crippen molar-refractivity contribution >= 4 is 23.5 Å². The fraction of sp³-hybridized carbons (Fsp3) is 0.400. The highest BCUT2D eigenvalue weighted by molar-refractivity contribution is 6.15. The molecule has 7 heteroatoms. The first kappa shape index (κ1) is 16.0. The molecule has 4 amide bonds. The van der Waals surface area contributed by atoms with E-state index in [9.17, 15) is 14.4 Å².